The Morgan fingerprint density at radius 3 is 1.19 bits per heavy atom. The average molecular weight is 869 g/mol. The Hall–Kier alpha value is -5.87. The molecule has 2 aromatic rings. The third kappa shape index (κ3) is 22.1. The minimum absolute atomic E-state index is 0.0476. The number of unbranched alkanes of at least 4 members (excludes halogenated alkanes) is 15. The van der Waals surface area contributed by atoms with Crippen molar-refractivity contribution in [1.29, 1.82) is 0 Å². The predicted octanol–water partition coefficient (Wildman–Crippen LogP) is 6.75. The van der Waals surface area contributed by atoms with Crippen LogP contribution in [0.25, 0.3) is 0 Å². The van der Waals surface area contributed by atoms with Gasteiger partial charge in [0.25, 0.3) is 17.7 Å². The van der Waals surface area contributed by atoms with Crippen LogP contribution in [0.4, 0.5) is 0 Å². The lowest BCUT2D eigenvalue weighted by atomic mass is 10.1. The predicted molar refractivity (Wildman–Crippen MR) is 233 cm³/mol. The molecule has 0 aliphatic rings. The summed E-state index contributed by atoms with van der Waals surface area (Å²) in [5.41, 5.74) is 12.9. The Balaban J connectivity index is 2.14. The molecule has 0 fully saturated rings. The molecule has 0 radical (unpaired) electrons. The average Bonchev–Trinajstić information content (AvgIpc) is 3.25. The van der Waals surface area contributed by atoms with Gasteiger partial charge in [-0.1, -0.05) is 129 Å². The highest BCUT2D eigenvalue weighted by molar-refractivity contribution is 6.05. The lowest BCUT2D eigenvalue weighted by molar-refractivity contribution is -0.141. The largest absolute Gasteiger partial charge is 0.493 e. The number of hydrogen-bond acceptors (Lipinski definition) is 10. The molecular formula is C45H68N6O11. The second kappa shape index (κ2) is 31.9. The number of aliphatic carboxylic acids is 1. The lowest BCUT2D eigenvalue weighted by Gasteiger charge is -2.18. The number of carboxylic acid groups (broad SMARTS) is 1. The summed E-state index contributed by atoms with van der Waals surface area (Å²) in [6.45, 7) is 7.31. The van der Waals surface area contributed by atoms with E-state index in [1.54, 1.807) is 24.3 Å². The maximum atomic E-state index is 13.6. The number of amides is 6. The molecule has 0 bridgehead atoms. The third-order valence-corrected chi connectivity index (χ3v) is 9.55. The SMILES string of the molecule is CCCCCCCCOc1cc(OCCCCCCCC)c(C(=O)NNC(=O)CC(=O)NNC(=O)c2ccccc2OCCCCCCCC)cc1C(=O)NNC(=O)CC(=O)O. The standard InChI is InChI=1S/C45H68N6O11/c1-4-7-10-13-16-21-26-60-36-25-20-19-24-33(36)43(57)49-46-39(52)31-40(53)47-50-44(58)34-29-35(45(59)51-48-41(54)32-42(55)56)38(62-28-23-18-15-12-9-6-3)30-37(34)61-27-22-17-14-11-8-5-2/h19-20,24-25,29-30H,4-18,21-23,26-28,31-32H2,1-3H3,(H,46,52)(H,47,53)(H,48,54)(H,49,57)(H,50,58)(H,51,59)(H,55,56). The molecule has 0 atom stereocenters. The quantitative estimate of drug-likeness (QED) is 0.0238. The van der Waals surface area contributed by atoms with Gasteiger partial charge >= 0.3 is 5.97 Å². The molecule has 0 saturated carbocycles. The molecule has 0 aliphatic carbocycles. The highest BCUT2D eigenvalue weighted by atomic mass is 16.5. The first-order chi connectivity index (χ1) is 30.0. The molecule has 0 saturated heterocycles. The molecule has 0 unspecified atom stereocenters. The van der Waals surface area contributed by atoms with Crippen molar-refractivity contribution in [3.8, 4) is 17.2 Å². The number of carbonyl (C=O) groups is 7. The van der Waals surface area contributed by atoms with Gasteiger partial charge in [-0.2, -0.15) is 0 Å². The van der Waals surface area contributed by atoms with E-state index in [9.17, 15) is 33.6 Å². The second-order valence-corrected chi connectivity index (χ2v) is 14.9. The van der Waals surface area contributed by atoms with Crippen LogP contribution in [0, 0.1) is 0 Å². The molecule has 17 heteroatoms. The van der Waals surface area contributed by atoms with Crippen molar-refractivity contribution in [1.82, 2.24) is 32.6 Å². The summed E-state index contributed by atoms with van der Waals surface area (Å²) in [6, 6.07) is 9.14. The van der Waals surface area contributed by atoms with Crippen molar-refractivity contribution in [2.75, 3.05) is 19.8 Å². The van der Waals surface area contributed by atoms with Gasteiger partial charge in [-0.05, 0) is 37.5 Å². The van der Waals surface area contributed by atoms with Crippen LogP contribution in [-0.4, -0.2) is 66.3 Å². The summed E-state index contributed by atoms with van der Waals surface area (Å²) in [5, 5.41) is 8.94. The number of nitrogens with one attached hydrogen (secondary N) is 6. The van der Waals surface area contributed by atoms with Crippen molar-refractivity contribution >= 4 is 41.4 Å². The summed E-state index contributed by atoms with van der Waals surface area (Å²) in [6.07, 6.45) is 16.6. The van der Waals surface area contributed by atoms with E-state index in [2.05, 4.69) is 47.9 Å². The van der Waals surface area contributed by atoms with Crippen molar-refractivity contribution in [3.63, 3.8) is 0 Å². The number of benzene rings is 2. The van der Waals surface area contributed by atoms with E-state index in [1.807, 2.05) is 5.43 Å². The van der Waals surface area contributed by atoms with Crippen LogP contribution in [0.15, 0.2) is 36.4 Å². The van der Waals surface area contributed by atoms with Crippen LogP contribution in [0.2, 0.25) is 0 Å². The summed E-state index contributed by atoms with van der Waals surface area (Å²) in [5.74, 6) is -6.22. The molecular weight excluding hydrogens is 801 g/mol. The van der Waals surface area contributed by atoms with Crippen molar-refractivity contribution in [2.45, 2.75) is 149 Å². The first-order valence-electron chi connectivity index (χ1n) is 22.1. The zero-order chi connectivity index (χ0) is 45.4. The van der Waals surface area contributed by atoms with Crippen LogP contribution < -0.4 is 46.8 Å². The van der Waals surface area contributed by atoms with Gasteiger partial charge < -0.3 is 19.3 Å². The van der Waals surface area contributed by atoms with Crippen LogP contribution in [0.5, 0.6) is 17.2 Å². The first kappa shape index (κ1) is 52.3. The normalized spacial score (nSPS) is 10.6. The Morgan fingerprint density at radius 1 is 0.419 bits per heavy atom. The van der Waals surface area contributed by atoms with Crippen molar-refractivity contribution < 1.29 is 52.9 Å². The fourth-order valence-electron chi connectivity index (χ4n) is 6.13. The van der Waals surface area contributed by atoms with Gasteiger partial charge in [0.2, 0.25) is 17.7 Å². The Bertz CT molecular complexity index is 1720. The highest BCUT2D eigenvalue weighted by Crippen LogP contribution is 2.30. The smallest absolute Gasteiger partial charge is 0.312 e. The van der Waals surface area contributed by atoms with Crippen LogP contribution in [0.1, 0.15) is 180 Å². The molecule has 0 aromatic heterocycles. The number of carboxylic acids is 1. The van der Waals surface area contributed by atoms with Gasteiger partial charge in [0.1, 0.15) is 30.1 Å². The highest BCUT2D eigenvalue weighted by Gasteiger charge is 2.24. The Kier molecular flexibility index (Phi) is 26.9. The topological polar surface area (TPSA) is 240 Å². The van der Waals surface area contributed by atoms with Crippen molar-refractivity contribution in [3.05, 3.63) is 53.1 Å². The van der Waals surface area contributed by atoms with Gasteiger partial charge in [0.15, 0.2) is 0 Å². The van der Waals surface area contributed by atoms with E-state index < -0.39 is 54.3 Å². The molecule has 0 spiro atoms. The van der Waals surface area contributed by atoms with Gasteiger partial charge in [0, 0.05) is 6.07 Å². The molecule has 344 valence electrons. The fourth-order valence-corrected chi connectivity index (χ4v) is 6.13. The first-order valence-corrected chi connectivity index (χ1v) is 22.1. The van der Waals surface area contributed by atoms with Crippen molar-refractivity contribution in [2.24, 2.45) is 0 Å². The Morgan fingerprint density at radius 2 is 0.774 bits per heavy atom. The van der Waals surface area contributed by atoms with Gasteiger partial charge in [-0.3, -0.25) is 66.1 Å². The second-order valence-electron chi connectivity index (χ2n) is 14.9. The number of hydrazine groups is 3. The van der Waals surface area contributed by atoms with E-state index in [0.29, 0.717) is 25.2 Å². The fraction of sp³-hybridized carbons (Fsp3) is 0.578. The zero-order valence-electron chi connectivity index (χ0n) is 36.8. The van der Waals surface area contributed by atoms with Gasteiger partial charge in [-0.25, -0.2) is 0 Å². The molecule has 0 aliphatic heterocycles. The molecule has 17 nitrogen and oxygen atoms in total. The summed E-state index contributed by atoms with van der Waals surface area (Å²) in [7, 11) is 0. The molecule has 7 N–H and O–H groups in total. The molecule has 2 aromatic carbocycles. The molecule has 62 heavy (non-hydrogen) atoms. The number of carbonyl (C=O) groups excluding carboxylic acids is 6. The minimum Gasteiger partial charge on any atom is -0.493 e. The van der Waals surface area contributed by atoms with Crippen LogP contribution in [0.3, 0.4) is 0 Å². The number of hydrogen-bond donors (Lipinski definition) is 7. The van der Waals surface area contributed by atoms with E-state index in [1.165, 1.54) is 25.0 Å². The number of rotatable bonds is 31. The third-order valence-electron chi connectivity index (χ3n) is 9.55. The van der Waals surface area contributed by atoms with E-state index in [4.69, 9.17) is 19.3 Å². The molecule has 6 amide bonds. The summed E-state index contributed by atoms with van der Waals surface area (Å²) < 4.78 is 17.9. The summed E-state index contributed by atoms with van der Waals surface area (Å²) >= 11 is 0. The zero-order valence-corrected chi connectivity index (χ0v) is 36.8. The van der Waals surface area contributed by atoms with E-state index >= 15 is 0 Å². The van der Waals surface area contributed by atoms with Gasteiger partial charge in [0.05, 0.1) is 36.5 Å². The lowest BCUT2D eigenvalue weighted by Crippen LogP contribution is -2.46. The van der Waals surface area contributed by atoms with Gasteiger partial charge in [-0.15, -0.1) is 0 Å². The van der Waals surface area contributed by atoms with Crippen LogP contribution in [-0.2, 0) is 19.2 Å². The maximum absolute atomic E-state index is 13.6. The number of para-hydroxylation sites is 1. The number of ether oxygens (including phenoxy) is 3. The monoisotopic (exact) mass is 868 g/mol. The summed E-state index contributed by atoms with van der Waals surface area (Å²) in [4.78, 5) is 88.2. The van der Waals surface area contributed by atoms with E-state index in [0.717, 1.165) is 89.9 Å². The van der Waals surface area contributed by atoms with E-state index in [-0.39, 0.29) is 41.4 Å². The maximum Gasteiger partial charge on any atom is 0.312 e. The molecule has 0 heterocycles. The molecule has 2 rings (SSSR count). The minimum atomic E-state index is -1.40. The van der Waals surface area contributed by atoms with Crippen LogP contribution >= 0.6 is 0 Å². The Labute approximate surface area is 365 Å².